The van der Waals surface area contributed by atoms with Crippen LogP contribution in [0.15, 0.2) is 0 Å². The zero-order valence-corrected chi connectivity index (χ0v) is 10.7. The first-order chi connectivity index (χ1) is 8.34. The molecule has 7 heteroatoms. The molecule has 6 unspecified atom stereocenters. The topological polar surface area (TPSA) is 131 Å². The van der Waals surface area contributed by atoms with Crippen LogP contribution in [0.5, 0.6) is 0 Å². The number of methoxy groups -OCH3 is 1. The maximum Gasteiger partial charge on any atom is 0.110 e. The molecular formula is C11H24O7. The van der Waals surface area contributed by atoms with Gasteiger partial charge in [-0.2, -0.15) is 0 Å². The van der Waals surface area contributed by atoms with Crippen LogP contribution in [0.1, 0.15) is 19.8 Å². The fraction of sp³-hybridized carbons (Fsp3) is 1.00. The number of hydrogen-bond donors (Lipinski definition) is 6. The van der Waals surface area contributed by atoms with Gasteiger partial charge in [-0.05, 0) is 19.8 Å². The van der Waals surface area contributed by atoms with Gasteiger partial charge < -0.3 is 35.4 Å². The van der Waals surface area contributed by atoms with Crippen LogP contribution < -0.4 is 0 Å². The summed E-state index contributed by atoms with van der Waals surface area (Å²) in [5.74, 6) is 0. The molecule has 0 radical (unpaired) electrons. The lowest BCUT2D eigenvalue weighted by atomic mass is 9.97. The molecule has 0 aromatic rings. The predicted octanol–water partition coefficient (Wildman–Crippen LogP) is -2.40. The Labute approximate surface area is 106 Å². The molecular weight excluding hydrogens is 244 g/mol. The van der Waals surface area contributed by atoms with E-state index >= 15 is 0 Å². The van der Waals surface area contributed by atoms with Gasteiger partial charge in [0.25, 0.3) is 0 Å². The standard InChI is InChI=1S/C11H24O7/c1-6(18-2)7(13)3-4-8(14)10(16)11(17)9(15)5-12/h6-17H,3-5H2,1-2H3. The van der Waals surface area contributed by atoms with Crippen LogP contribution in [0.4, 0.5) is 0 Å². The smallest absolute Gasteiger partial charge is 0.110 e. The first-order valence-electron chi connectivity index (χ1n) is 5.89. The minimum atomic E-state index is -1.64. The summed E-state index contributed by atoms with van der Waals surface area (Å²) in [4.78, 5) is 0. The van der Waals surface area contributed by atoms with E-state index in [1.54, 1.807) is 6.92 Å². The van der Waals surface area contributed by atoms with Crippen LogP contribution in [0, 0.1) is 0 Å². The van der Waals surface area contributed by atoms with Crippen molar-refractivity contribution in [3.63, 3.8) is 0 Å². The van der Waals surface area contributed by atoms with Gasteiger partial charge in [0.15, 0.2) is 0 Å². The molecule has 0 fully saturated rings. The molecule has 0 aliphatic rings. The van der Waals surface area contributed by atoms with Crippen molar-refractivity contribution in [3.8, 4) is 0 Å². The van der Waals surface area contributed by atoms with E-state index in [4.69, 9.17) is 14.9 Å². The van der Waals surface area contributed by atoms with Crippen molar-refractivity contribution in [2.75, 3.05) is 13.7 Å². The molecule has 18 heavy (non-hydrogen) atoms. The van der Waals surface area contributed by atoms with Crippen LogP contribution in [-0.4, -0.2) is 81.0 Å². The lowest BCUT2D eigenvalue weighted by Crippen LogP contribution is -2.46. The molecule has 0 bridgehead atoms. The van der Waals surface area contributed by atoms with Crippen molar-refractivity contribution in [2.45, 2.75) is 56.4 Å². The summed E-state index contributed by atoms with van der Waals surface area (Å²) in [5.41, 5.74) is 0. The lowest BCUT2D eigenvalue weighted by molar-refractivity contribution is -0.119. The van der Waals surface area contributed by atoms with Crippen LogP contribution in [0.25, 0.3) is 0 Å². The van der Waals surface area contributed by atoms with Crippen LogP contribution >= 0.6 is 0 Å². The molecule has 0 aliphatic heterocycles. The Bertz CT molecular complexity index is 214. The largest absolute Gasteiger partial charge is 0.394 e. The van der Waals surface area contributed by atoms with Gasteiger partial charge in [-0.25, -0.2) is 0 Å². The summed E-state index contributed by atoms with van der Waals surface area (Å²) in [6.07, 6.45) is -7.03. The van der Waals surface area contributed by atoms with Crippen molar-refractivity contribution in [1.82, 2.24) is 0 Å². The second-order valence-electron chi connectivity index (χ2n) is 4.38. The third kappa shape index (κ3) is 5.57. The summed E-state index contributed by atoms with van der Waals surface area (Å²) in [6.45, 7) is 0.951. The van der Waals surface area contributed by atoms with Crippen LogP contribution in [-0.2, 0) is 4.74 Å². The second kappa shape index (κ2) is 8.76. The van der Waals surface area contributed by atoms with Crippen molar-refractivity contribution in [1.29, 1.82) is 0 Å². The highest BCUT2D eigenvalue weighted by Gasteiger charge is 2.30. The Balaban J connectivity index is 4.12. The van der Waals surface area contributed by atoms with Gasteiger partial charge in [0.2, 0.25) is 0 Å². The van der Waals surface area contributed by atoms with E-state index in [1.165, 1.54) is 7.11 Å². The third-order valence-electron chi connectivity index (χ3n) is 3.00. The molecule has 6 N–H and O–H groups in total. The molecule has 7 nitrogen and oxygen atoms in total. The minimum Gasteiger partial charge on any atom is -0.394 e. The van der Waals surface area contributed by atoms with Gasteiger partial charge in [-0.3, -0.25) is 0 Å². The maximum absolute atomic E-state index is 9.58. The molecule has 0 heterocycles. The molecule has 0 aliphatic carbocycles. The van der Waals surface area contributed by atoms with E-state index < -0.39 is 43.2 Å². The zero-order chi connectivity index (χ0) is 14.3. The fourth-order valence-electron chi connectivity index (χ4n) is 1.47. The highest BCUT2D eigenvalue weighted by Crippen LogP contribution is 2.13. The van der Waals surface area contributed by atoms with Gasteiger partial charge >= 0.3 is 0 Å². The van der Waals surface area contributed by atoms with Gasteiger partial charge in [0.05, 0.1) is 24.9 Å². The Morgan fingerprint density at radius 1 is 0.833 bits per heavy atom. The van der Waals surface area contributed by atoms with Crippen molar-refractivity contribution in [2.24, 2.45) is 0 Å². The van der Waals surface area contributed by atoms with Crippen molar-refractivity contribution >= 4 is 0 Å². The fourth-order valence-corrected chi connectivity index (χ4v) is 1.47. The maximum atomic E-state index is 9.58. The van der Waals surface area contributed by atoms with E-state index in [1.807, 2.05) is 0 Å². The first kappa shape index (κ1) is 17.7. The van der Waals surface area contributed by atoms with Gasteiger partial charge in [0.1, 0.15) is 18.3 Å². The zero-order valence-electron chi connectivity index (χ0n) is 10.7. The molecule has 0 aromatic carbocycles. The molecule has 0 aromatic heterocycles. The van der Waals surface area contributed by atoms with E-state index in [0.717, 1.165) is 0 Å². The van der Waals surface area contributed by atoms with E-state index in [9.17, 15) is 20.4 Å². The van der Waals surface area contributed by atoms with Gasteiger partial charge in [-0.1, -0.05) is 0 Å². The minimum absolute atomic E-state index is 0.0330. The molecule has 6 atom stereocenters. The molecule has 0 amide bonds. The summed E-state index contributed by atoms with van der Waals surface area (Å²) < 4.78 is 4.89. The summed E-state index contributed by atoms with van der Waals surface area (Å²) in [7, 11) is 1.44. The highest BCUT2D eigenvalue weighted by atomic mass is 16.5. The number of hydrogen-bond acceptors (Lipinski definition) is 7. The Morgan fingerprint density at radius 3 is 1.72 bits per heavy atom. The van der Waals surface area contributed by atoms with Crippen molar-refractivity contribution < 1.29 is 35.4 Å². The predicted molar refractivity (Wildman–Crippen MR) is 62.8 cm³/mol. The van der Waals surface area contributed by atoms with Crippen molar-refractivity contribution in [3.05, 3.63) is 0 Å². The van der Waals surface area contributed by atoms with Gasteiger partial charge in [0, 0.05) is 7.11 Å². The van der Waals surface area contributed by atoms with E-state index in [0.29, 0.717) is 0 Å². The molecule has 0 saturated carbocycles. The van der Waals surface area contributed by atoms with Crippen LogP contribution in [0.2, 0.25) is 0 Å². The third-order valence-corrected chi connectivity index (χ3v) is 3.00. The number of rotatable bonds is 9. The highest BCUT2D eigenvalue weighted by molar-refractivity contribution is 4.81. The molecule has 0 rings (SSSR count). The Hall–Kier alpha value is -0.280. The average Bonchev–Trinajstić information content (AvgIpc) is 2.40. The number of aliphatic hydroxyl groups is 6. The summed E-state index contributed by atoms with van der Waals surface area (Å²) in [5, 5.41) is 55.7. The van der Waals surface area contributed by atoms with Gasteiger partial charge in [-0.15, -0.1) is 0 Å². The summed E-state index contributed by atoms with van der Waals surface area (Å²) in [6, 6.07) is 0. The number of aliphatic hydroxyl groups excluding tert-OH is 6. The second-order valence-corrected chi connectivity index (χ2v) is 4.38. The monoisotopic (exact) mass is 268 g/mol. The Morgan fingerprint density at radius 2 is 1.28 bits per heavy atom. The summed E-state index contributed by atoms with van der Waals surface area (Å²) >= 11 is 0. The number of ether oxygens (including phenoxy) is 1. The Kier molecular flexibility index (Phi) is 8.62. The quantitative estimate of drug-likeness (QED) is 0.275. The average molecular weight is 268 g/mol. The molecule has 110 valence electrons. The lowest BCUT2D eigenvalue weighted by Gasteiger charge is -2.26. The first-order valence-corrected chi connectivity index (χ1v) is 5.89. The van der Waals surface area contributed by atoms with E-state index in [2.05, 4.69) is 0 Å². The normalized spacial score (nSPS) is 22.0. The van der Waals surface area contributed by atoms with Crippen LogP contribution in [0.3, 0.4) is 0 Å². The van der Waals surface area contributed by atoms with E-state index in [-0.39, 0.29) is 12.8 Å². The molecule has 0 saturated heterocycles. The molecule has 0 spiro atoms. The SMILES string of the molecule is COC(C)C(O)CCC(O)C(O)C(O)C(O)CO.